The van der Waals surface area contributed by atoms with E-state index in [4.69, 9.17) is 9.47 Å². The first-order chi connectivity index (χ1) is 14.7. The van der Waals surface area contributed by atoms with E-state index in [1.54, 1.807) is 53.7 Å². The number of carbonyl (C=O) groups excluding carboxylic acids is 2. The van der Waals surface area contributed by atoms with E-state index in [2.05, 4.69) is 5.32 Å². The molecule has 2 aromatic carbocycles. The van der Waals surface area contributed by atoms with E-state index in [0.717, 1.165) is 16.2 Å². The van der Waals surface area contributed by atoms with Gasteiger partial charge in [0.1, 0.15) is 17.0 Å². The van der Waals surface area contributed by atoms with Crippen LogP contribution >= 0.6 is 0 Å². The Balaban J connectivity index is 2.36. The third kappa shape index (κ3) is 7.25. The molecular formula is C25H33FN2O4. The van der Waals surface area contributed by atoms with Gasteiger partial charge in [-0.3, -0.25) is 0 Å². The molecule has 32 heavy (non-hydrogen) atoms. The second kappa shape index (κ2) is 9.59. The van der Waals surface area contributed by atoms with Crippen LogP contribution in [0.2, 0.25) is 0 Å². The van der Waals surface area contributed by atoms with Crippen molar-refractivity contribution in [2.75, 3.05) is 10.2 Å². The Bertz CT molecular complexity index is 922. The van der Waals surface area contributed by atoms with Gasteiger partial charge in [0.05, 0.1) is 5.69 Å². The molecule has 0 atom stereocenters. The van der Waals surface area contributed by atoms with Crippen molar-refractivity contribution in [3.8, 4) is 0 Å². The number of hydrogen-bond donors (Lipinski definition) is 1. The average molecular weight is 445 g/mol. The Morgan fingerprint density at radius 3 is 1.72 bits per heavy atom. The Morgan fingerprint density at radius 2 is 1.31 bits per heavy atom. The van der Waals surface area contributed by atoms with E-state index < -0.39 is 23.4 Å². The zero-order chi connectivity index (χ0) is 24.3. The van der Waals surface area contributed by atoms with Crippen molar-refractivity contribution < 1.29 is 23.5 Å². The van der Waals surface area contributed by atoms with Gasteiger partial charge in [-0.15, -0.1) is 0 Å². The fraction of sp³-hybridized carbons (Fsp3) is 0.440. The van der Waals surface area contributed by atoms with E-state index in [-0.39, 0.29) is 5.82 Å². The number of anilines is 2. The van der Waals surface area contributed by atoms with Gasteiger partial charge < -0.3 is 14.8 Å². The number of halogens is 1. The van der Waals surface area contributed by atoms with Gasteiger partial charge in [0.15, 0.2) is 0 Å². The molecule has 2 rings (SSSR count). The molecule has 0 saturated heterocycles. The van der Waals surface area contributed by atoms with Gasteiger partial charge in [-0.25, -0.2) is 14.0 Å². The highest BCUT2D eigenvalue weighted by atomic mass is 19.1. The highest BCUT2D eigenvalue weighted by Gasteiger charge is 2.34. The topological polar surface area (TPSA) is 67.9 Å². The normalized spacial score (nSPS) is 11.7. The molecule has 2 amide bonds. The van der Waals surface area contributed by atoms with Crippen molar-refractivity contribution in [1.29, 1.82) is 0 Å². The number of rotatable bonds is 4. The summed E-state index contributed by atoms with van der Waals surface area (Å²) in [6, 6.07) is 9.93. The smallest absolute Gasteiger partial charge is 0.424 e. The molecule has 0 aromatic heterocycles. The lowest BCUT2D eigenvalue weighted by Gasteiger charge is -2.30. The number of nitrogens with one attached hydrogen (secondary N) is 1. The van der Waals surface area contributed by atoms with E-state index in [9.17, 15) is 14.0 Å². The second-order valence-corrected chi connectivity index (χ2v) is 9.73. The summed E-state index contributed by atoms with van der Waals surface area (Å²) in [5.74, 6) is -0.283. The zero-order valence-corrected chi connectivity index (χ0v) is 20.1. The van der Waals surface area contributed by atoms with Crippen molar-refractivity contribution in [2.45, 2.75) is 73.1 Å². The van der Waals surface area contributed by atoms with Gasteiger partial charge in [-0.2, -0.15) is 4.90 Å². The van der Waals surface area contributed by atoms with Gasteiger partial charge in [0.25, 0.3) is 0 Å². The first kappa shape index (κ1) is 25.2. The number of imide groups is 1. The summed E-state index contributed by atoms with van der Waals surface area (Å²) in [5, 5.41) is 3.29. The highest BCUT2D eigenvalue weighted by molar-refractivity contribution is 6.10. The third-order valence-electron chi connectivity index (χ3n) is 4.28. The lowest BCUT2D eigenvalue weighted by Crippen LogP contribution is -2.44. The summed E-state index contributed by atoms with van der Waals surface area (Å²) in [7, 11) is 0. The SMILES string of the molecule is Cc1cc(NCc2ccc(F)cc2)cc(C)c1N(C(=O)OC(C)(C)C)C(=O)OC(C)(C)C. The number of hydrogen-bond acceptors (Lipinski definition) is 5. The van der Waals surface area contributed by atoms with Crippen LogP contribution in [0.15, 0.2) is 36.4 Å². The van der Waals surface area contributed by atoms with Crippen molar-refractivity contribution in [3.05, 3.63) is 58.9 Å². The number of benzene rings is 2. The predicted molar refractivity (Wildman–Crippen MR) is 125 cm³/mol. The van der Waals surface area contributed by atoms with E-state index in [0.29, 0.717) is 23.4 Å². The highest BCUT2D eigenvalue weighted by Crippen LogP contribution is 2.31. The van der Waals surface area contributed by atoms with Gasteiger partial charge in [-0.05, 0) is 96.3 Å². The van der Waals surface area contributed by atoms with Crippen LogP contribution in [-0.2, 0) is 16.0 Å². The van der Waals surface area contributed by atoms with Gasteiger partial charge in [0, 0.05) is 12.2 Å². The molecule has 0 heterocycles. The van der Waals surface area contributed by atoms with Crippen LogP contribution in [0.4, 0.5) is 25.4 Å². The maximum atomic E-state index is 13.1. The maximum absolute atomic E-state index is 13.1. The first-order valence-electron chi connectivity index (χ1n) is 10.5. The van der Waals surface area contributed by atoms with Crippen LogP contribution in [0, 0.1) is 19.7 Å². The quantitative estimate of drug-likeness (QED) is 0.566. The zero-order valence-electron chi connectivity index (χ0n) is 20.1. The largest absolute Gasteiger partial charge is 0.443 e. The van der Waals surface area contributed by atoms with Crippen LogP contribution in [0.5, 0.6) is 0 Å². The third-order valence-corrected chi connectivity index (χ3v) is 4.28. The molecular weight excluding hydrogens is 411 g/mol. The van der Waals surface area contributed by atoms with Crippen LogP contribution in [0.25, 0.3) is 0 Å². The molecule has 7 heteroatoms. The molecule has 6 nitrogen and oxygen atoms in total. The molecule has 0 bridgehead atoms. The van der Waals surface area contributed by atoms with Crippen molar-refractivity contribution >= 4 is 23.6 Å². The van der Waals surface area contributed by atoms with Crippen LogP contribution in [-0.4, -0.2) is 23.4 Å². The van der Waals surface area contributed by atoms with Gasteiger partial charge in [0.2, 0.25) is 0 Å². The lowest BCUT2D eigenvalue weighted by molar-refractivity contribution is 0.0430. The summed E-state index contributed by atoms with van der Waals surface area (Å²) in [4.78, 5) is 26.9. The van der Waals surface area contributed by atoms with Gasteiger partial charge >= 0.3 is 12.2 Å². The summed E-state index contributed by atoms with van der Waals surface area (Å²) < 4.78 is 24.1. The van der Waals surface area contributed by atoms with Crippen molar-refractivity contribution in [2.24, 2.45) is 0 Å². The molecule has 0 aliphatic carbocycles. The molecule has 0 aliphatic rings. The summed E-state index contributed by atoms with van der Waals surface area (Å²) in [5.41, 5.74) is 1.98. The minimum atomic E-state index is -0.801. The second-order valence-electron chi connectivity index (χ2n) is 9.73. The number of amides is 2. The summed E-state index contributed by atoms with van der Waals surface area (Å²) in [6.07, 6.45) is -1.60. The molecule has 174 valence electrons. The molecule has 0 aliphatic heterocycles. The molecule has 0 unspecified atom stereocenters. The van der Waals surface area contributed by atoms with Gasteiger partial charge in [-0.1, -0.05) is 12.1 Å². The standard InChI is InChI=1S/C25H33FN2O4/c1-16-13-20(27-15-18-9-11-19(26)12-10-18)14-17(2)21(16)28(22(29)31-24(3,4)5)23(30)32-25(6,7)8/h9-14,27H,15H2,1-8H3. The minimum Gasteiger partial charge on any atom is -0.443 e. The van der Waals surface area contributed by atoms with Crippen LogP contribution < -0.4 is 10.2 Å². The Hall–Kier alpha value is -3.09. The maximum Gasteiger partial charge on any atom is 0.424 e. The number of nitrogens with zero attached hydrogens (tertiary/aromatic N) is 1. The number of ether oxygens (including phenoxy) is 2. The molecule has 1 N–H and O–H groups in total. The minimum absolute atomic E-state index is 0.283. The lowest BCUT2D eigenvalue weighted by atomic mass is 10.1. The van der Waals surface area contributed by atoms with E-state index in [1.165, 1.54) is 12.1 Å². The molecule has 0 spiro atoms. The number of carbonyl (C=O) groups is 2. The fourth-order valence-corrected chi connectivity index (χ4v) is 3.09. The van der Waals surface area contributed by atoms with E-state index >= 15 is 0 Å². The Labute approximate surface area is 189 Å². The number of aryl methyl sites for hydroxylation is 2. The van der Waals surface area contributed by atoms with Crippen molar-refractivity contribution in [3.63, 3.8) is 0 Å². The molecule has 0 radical (unpaired) electrons. The summed E-state index contributed by atoms with van der Waals surface area (Å²) >= 11 is 0. The monoisotopic (exact) mass is 444 g/mol. The van der Waals surface area contributed by atoms with Crippen LogP contribution in [0.3, 0.4) is 0 Å². The Kier molecular flexibility index (Phi) is 7.54. The first-order valence-corrected chi connectivity index (χ1v) is 10.5. The summed E-state index contributed by atoms with van der Waals surface area (Å²) in [6.45, 7) is 14.5. The predicted octanol–water partition coefficient (Wildman–Crippen LogP) is 6.73. The Morgan fingerprint density at radius 1 is 0.875 bits per heavy atom. The molecule has 2 aromatic rings. The van der Waals surface area contributed by atoms with E-state index in [1.807, 2.05) is 26.0 Å². The van der Waals surface area contributed by atoms with Crippen molar-refractivity contribution in [1.82, 2.24) is 0 Å². The fourth-order valence-electron chi connectivity index (χ4n) is 3.09. The molecule has 0 saturated carbocycles. The van der Waals surface area contributed by atoms with Crippen LogP contribution in [0.1, 0.15) is 58.2 Å². The molecule has 0 fully saturated rings. The average Bonchev–Trinajstić information content (AvgIpc) is 2.61.